The van der Waals surface area contributed by atoms with Crippen LogP contribution >= 0.6 is 0 Å². The zero-order valence-electron chi connectivity index (χ0n) is 23.7. The van der Waals surface area contributed by atoms with Crippen LogP contribution in [0.5, 0.6) is 11.5 Å². The summed E-state index contributed by atoms with van der Waals surface area (Å²) >= 11 is 0. The van der Waals surface area contributed by atoms with Gasteiger partial charge < -0.3 is 32.8 Å². The summed E-state index contributed by atoms with van der Waals surface area (Å²) in [7, 11) is 0. The minimum atomic E-state index is -1.57. The van der Waals surface area contributed by atoms with E-state index in [1.165, 1.54) is 18.2 Å². The molecule has 2 aromatic rings. The Morgan fingerprint density at radius 2 is 1.71 bits per heavy atom. The lowest BCUT2D eigenvalue weighted by atomic mass is 10.1. The van der Waals surface area contributed by atoms with Crippen LogP contribution in [0.1, 0.15) is 57.4 Å². The maximum atomic E-state index is 12.6. The van der Waals surface area contributed by atoms with Crippen molar-refractivity contribution in [3.8, 4) is 11.5 Å². The van der Waals surface area contributed by atoms with Crippen molar-refractivity contribution in [1.29, 1.82) is 0 Å². The summed E-state index contributed by atoms with van der Waals surface area (Å²) in [6.45, 7) is -0.854. The molecule has 1 unspecified atom stereocenters. The summed E-state index contributed by atoms with van der Waals surface area (Å²) in [6.07, 6.45) is -2.41. The van der Waals surface area contributed by atoms with Crippen molar-refractivity contribution in [1.82, 2.24) is 0 Å². The van der Waals surface area contributed by atoms with Gasteiger partial charge in [-0.1, -0.05) is 19.8 Å². The standard InChI is InChI=1S/C26H30O12/c1-5-6-7-8-21(31)38-23-19(10-9-17-18(30)11-12-32-22(17)23)36-26-25(35-16(4)29)24(34-15(3)28)20(37-26)13-33-14(2)27/h9-12,20,24-26H,5-8,13H2,1-4H3/t20-,24-,25+,26?/m1/s1/i2D,3D,4D. The molecule has 1 fully saturated rings. The average molecular weight is 538 g/mol. The van der Waals surface area contributed by atoms with Crippen LogP contribution in [0.4, 0.5) is 0 Å². The Labute approximate surface area is 222 Å². The molecule has 1 saturated heterocycles. The van der Waals surface area contributed by atoms with E-state index >= 15 is 0 Å². The quantitative estimate of drug-likeness (QED) is 0.179. The van der Waals surface area contributed by atoms with Crippen molar-refractivity contribution in [3.05, 3.63) is 34.7 Å². The number of benzene rings is 1. The molecule has 12 heteroatoms. The largest absolute Gasteiger partial charge is 0.463 e. The molecule has 0 aliphatic carbocycles. The lowest BCUT2D eigenvalue weighted by Crippen LogP contribution is -2.42. The molecule has 0 radical (unpaired) electrons. The monoisotopic (exact) mass is 537 g/mol. The number of carbonyl (C=O) groups excluding carboxylic acids is 4. The highest BCUT2D eigenvalue weighted by molar-refractivity contribution is 5.88. The molecule has 1 aromatic heterocycles. The normalized spacial score (nSPS) is 21.6. The third-order valence-corrected chi connectivity index (χ3v) is 5.40. The van der Waals surface area contributed by atoms with Gasteiger partial charge in [0.15, 0.2) is 22.9 Å². The van der Waals surface area contributed by atoms with Crippen molar-refractivity contribution >= 4 is 34.8 Å². The molecule has 12 nitrogen and oxygen atoms in total. The summed E-state index contributed by atoms with van der Waals surface area (Å²) in [4.78, 5) is 60.7. The fourth-order valence-electron chi connectivity index (χ4n) is 3.77. The van der Waals surface area contributed by atoms with Gasteiger partial charge in [-0.05, 0) is 18.6 Å². The zero-order valence-corrected chi connectivity index (χ0v) is 20.7. The molecule has 206 valence electrons. The minimum absolute atomic E-state index is 0.0684. The maximum Gasteiger partial charge on any atom is 0.311 e. The van der Waals surface area contributed by atoms with Crippen LogP contribution in [0.2, 0.25) is 0 Å². The number of esters is 4. The van der Waals surface area contributed by atoms with E-state index in [2.05, 4.69) is 0 Å². The predicted molar refractivity (Wildman–Crippen MR) is 129 cm³/mol. The van der Waals surface area contributed by atoms with Crippen molar-refractivity contribution in [3.63, 3.8) is 0 Å². The molecule has 0 N–H and O–H groups in total. The number of carbonyl (C=O) groups is 4. The molecule has 1 aliphatic heterocycles. The molecule has 0 spiro atoms. The molecule has 1 aromatic carbocycles. The van der Waals surface area contributed by atoms with E-state index in [9.17, 15) is 24.0 Å². The highest BCUT2D eigenvalue weighted by Gasteiger charge is 2.51. The molecule has 38 heavy (non-hydrogen) atoms. The van der Waals surface area contributed by atoms with Crippen LogP contribution in [-0.2, 0) is 38.1 Å². The fraction of sp³-hybridized carbons (Fsp3) is 0.500. The van der Waals surface area contributed by atoms with E-state index < -0.39 is 81.2 Å². The van der Waals surface area contributed by atoms with Gasteiger partial charge in [0.25, 0.3) is 0 Å². The van der Waals surface area contributed by atoms with Crippen LogP contribution in [0, 0.1) is 0 Å². The molecule has 2 heterocycles. The van der Waals surface area contributed by atoms with Crippen molar-refractivity contribution in [2.45, 2.75) is 77.9 Å². The topological polar surface area (TPSA) is 154 Å². The third-order valence-electron chi connectivity index (χ3n) is 5.40. The molecule has 4 atom stereocenters. The number of fused-ring (bicyclic) bond motifs is 1. The molecule has 0 amide bonds. The fourth-order valence-corrected chi connectivity index (χ4v) is 3.77. The van der Waals surface area contributed by atoms with Gasteiger partial charge in [-0.15, -0.1) is 0 Å². The van der Waals surface area contributed by atoms with Gasteiger partial charge in [0.1, 0.15) is 12.7 Å². The third kappa shape index (κ3) is 7.31. The van der Waals surface area contributed by atoms with Gasteiger partial charge in [-0.2, -0.15) is 0 Å². The Kier molecular flexibility index (Phi) is 8.38. The lowest BCUT2D eigenvalue weighted by molar-refractivity contribution is -0.170. The molecule has 0 saturated carbocycles. The van der Waals surface area contributed by atoms with Crippen LogP contribution in [0.25, 0.3) is 11.0 Å². The van der Waals surface area contributed by atoms with Gasteiger partial charge >= 0.3 is 23.9 Å². The van der Waals surface area contributed by atoms with Crippen LogP contribution in [0.3, 0.4) is 0 Å². The molecular weight excluding hydrogens is 504 g/mol. The van der Waals surface area contributed by atoms with Crippen molar-refractivity contribution < 1.29 is 56.1 Å². The summed E-state index contributed by atoms with van der Waals surface area (Å²) in [5.74, 6) is -4.01. The number of ether oxygens (including phenoxy) is 6. The molecular formula is C26H30O12. The summed E-state index contributed by atoms with van der Waals surface area (Å²) < 4.78 is 59.9. The second-order valence-corrected chi connectivity index (χ2v) is 8.24. The second-order valence-electron chi connectivity index (χ2n) is 8.24. The Hall–Kier alpha value is -3.93. The average Bonchev–Trinajstić information content (AvgIpc) is 3.27. The highest BCUT2D eigenvalue weighted by atomic mass is 16.7. The molecule has 3 rings (SSSR count). The smallest absolute Gasteiger partial charge is 0.311 e. The van der Waals surface area contributed by atoms with Gasteiger partial charge in [0.2, 0.25) is 18.1 Å². The number of unbranched alkanes of at least 4 members (excludes halogenated alkanes) is 2. The Morgan fingerprint density at radius 1 is 0.974 bits per heavy atom. The van der Waals surface area contributed by atoms with Crippen molar-refractivity contribution in [2.75, 3.05) is 6.61 Å². The first-order chi connectivity index (χ1) is 19.7. The van der Waals surface area contributed by atoms with Crippen LogP contribution in [0.15, 0.2) is 33.7 Å². The van der Waals surface area contributed by atoms with E-state index in [1.54, 1.807) is 0 Å². The first-order valence-electron chi connectivity index (χ1n) is 13.8. The van der Waals surface area contributed by atoms with Gasteiger partial charge in [0.05, 0.1) is 11.6 Å². The zero-order chi connectivity index (χ0) is 29.9. The molecule has 1 aliphatic rings. The summed E-state index contributed by atoms with van der Waals surface area (Å²) in [6, 6.07) is 3.84. The van der Waals surface area contributed by atoms with Crippen molar-refractivity contribution in [2.24, 2.45) is 0 Å². The summed E-state index contributed by atoms with van der Waals surface area (Å²) in [5.41, 5.74) is -0.520. The number of hydrogen-bond acceptors (Lipinski definition) is 12. The van der Waals surface area contributed by atoms with E-state index in [4.69, 9.17) is 37.0 Å². The number of hydrogen-bond donors (Lipinski definition) is 0. The van der Waals surface area contributed by atoms with E-state index in [0.717, 1.165) is 19.1 Å². The SMILES string of the molecule is [2H]CC(=O)OC[C@H]1OC(Oc2ccc3c(=O)ccoc3c2OC(=O)CCCCC)[C@@H](OC(=O)C[2H])[C@@H]1OC(=O)C[2H]. The second kappa shape index (κ2) is 13.0. The van der Waals surface area contributed by atoms with E-state index in [-0.39, 0.29) is 28.9 Å². The highest BCUT2D eigenvalue weighted by Crippen LogP contribution is 2.38. The maximum absolute atomic E-state index is 12.6. The predicted octanol–water partition coefficient (Wildman–Crippen LogP) is 2.81. The number of rotatable bonds is 11. The first kappa shape index (κ1) is 24.4. The van der Waals surface area contributed by atoms with Gasteiger partial charge in [-0.25, -0.2) is 0 Å². The lowest BCUT2D eigenvalue weighted by Gasteiger charge is -2.24. The Bertz CT molecular complexity index is 1300. The van der Waals surface area contributed by atoms with Gasteiger partial charge in [0, 0.05) is 37.3 Å². The minimum Gasteiger partial charge on any atom is -0.463 e. The Balaban J connectivity index is 2.00. The van der Waals surface area contributed by atoms with E-state index in [0.29, 0.717) is 6.42 Å². The van der Waals surface area contributed by atoms with Crippen LogP contribution in [-0.4, -0.2) is 55.1 Å². The molecule has 0 bridgehead atoms. The summed E-state index contributed by atoms with van der Waals surface area (Å²) in [5, 5.41) is 0.0863. The van der Waals surface area contributed by atoms with Crippen LogP contribution < -0.4 is 14.9 Å². The Morgan fingerprint density at radius 3 is 2.42 bits per heavy atom. The van der Waals surface area contributed by atoms with E-state index in [1.807, 2.05) is 6.92 Å². The van der Waals surface area contributed by atoms with Gasteiger partial charge in [-0.3, -0.25) is 24.0 Å². The first-order valence-corrected chi connectivity index (χ1v) is 11.7.